The number of halogens is 3. The van der Waals surface area contributed by atoms with Gasteiger partial charge >= 0.3 is 18.2 Å². The van der Waals surface area contributed by atoms with Crippen LogP contribution in [-0.2, 0) is 28.7 Å². The summed E-state index contributed by atoms with van der Waals surface area (Å²) in [5, 5.41) is 7.60. The molecule has 3 fully saturated rings. The maximum Gasteiger partial charge on any atom is 0.522 e. The van der Waals surface area contributed by atoms with E-state index < -0.39 is 60.0 Å². The predicted octanol–water partition coefficient (Wildman–Crippen LogP) is 0.255. The van der Waals surface area contributed by atoms with Gasteiger partial charge in [0, 0.05) is 24.5 Å². The third-order valence-corrected chi connectivity index (χ3v) is 6.63. The highest BCUT2D eigenvalue weighted by molar-refractivity contribution is 6.35. The number of fused-ring (bicyclic) bond motifs is 1. The van der Waals surface area contributed by atoms with E-state index in [9.17, 15) is 37.1 Å². The van der Waals surface area contributed by atoms with Gasteiger partial charge in [0.15, 0.2) is 5.78 Å². The van der Waals surface area contributed by atoms with Gasteiger partial charge in [0.05, 0.1) is 6.04 Å². The van der Waals surface area contributed by atoms with Crippen molar-refractivity contribution in [1.29, 1.82) is 0 Å². The lowest BCUT2D eigenvalue weighted by Gasteiger charge is -2.34. The summed E-state index contributed by atoms with van der Waals surface area (Å²) in [7, 11) is 0. The number of carbonyl (C=O) groups excluding carboxylic acids is 5. The van der Waals surface area contributed by atoms with Crippen molar-refractivity contribution in [2.24, 2.45) is 17.8 Å². The monoisotopic (exact) mass is 504 g/mol. The predicted molar refractivity (Wildman–Crippen MR) is 114 cm³/mol. The molecule has 0 aromatic rings. The third-order valence-electron chi connectivity index (χ3n) is 6.63. The first-order valence-electron chi connectivity index (χ1n) is 11.6. The lowest BCUT2D eigenvalue weighted by Crippen LogP contribution is -2.57. The van der Waals surface area contributed by atoms with E-state index in [1.807, 2.05) is 0 Å². The topological polar surface area (TPSA) is 134 Å². The highest BCUT2D eigenvalue weighted by atomic mass is 19.4. The number of carbonyl (C=O) groups is 5. The molecule has 0 unspecified atom stereocenters. The molecule has 2 heterocycles. The quantitative estimate of drug-likeness (QED) is 0.426. The van der Waals surface area contributed by atoms with E-state index in [4.69, 9.17) is 0 Å². The zero-order chi connectivity index (χ0) is 26.1. The normalized spacial score (nSPS) is 26.9. The summed E-state index contributed by atoms with van der Waals surface area (Å²) in [5.74, 6) is -4.76. The molecule has 1 saturated carbocycles. The number of rotatable bonds is 7. The van der Waals surface area contributed by atoms with Crippen LogP contribution in [0.5, 0.6) is 0 Å². The Kier molecular flexibility index (Phi) is 7.77. The van der Waals surface area contributed by atoms with Crippen LogP contribution in [0.1, 0.15) is 46.5 Å². The Hall–Kier alpha value is -2.70. The van der Waals surface area contributed by atoms with E-state index in [2.05, 4.69) is 20.7 Å². The first-order valence-corrected chi connectivity index (χ1v) is 11.6. The number of amides is 4. The van der Waals surface area contributed by atoms with Crippen molar-refractivity contribution in [3.05, 3.63) is 0 Å². The second-order valence-electron chi connectivity index (χ2n) is 10.4. The zero-order valence-electron chi connectivity index (χ0n) is 19.9. The third kappa shape index (κ3) is 6.71. The van der Waals surface area contributed by atoms with Crippen LogP contribution in [0.4, 0.5) is 13.2 Å². The fourth-order valence-corrected chi connectivity index (χ4v) is 4.84. The molecular formula is C22H31F3N4O6. The fourth-order valence-electron chi connectivity index (χ4n) is 4.84. The number of Topliss-reactive ketones (excluding diaryl/α,β-unsaturated/α-hetero) is 1. The van der Waals surface area contributed by atoms with Crippen LogP contribution in [-0.4, -0.2) is 78.0 Å². The van der Waals surface area contributed by atoms with Crippen LogP contribution >= 0.6 is 0 Å². The number of likely N-dealkylation sites (tertiary alicyclic amines) is 1. The van der Waals surface area contributed by atoms with Gasteiger partial charge in [-0.15, -0.1) is 13.2 Å². The molecule has 3 aliphatic rings. The molecule has 196 valence electrons. The minimum atomic E-state index is -5.04. The van der Waals surface area contributed by atoms with E-state index >= 15 is 0 Å². The highest BCUT2D eigenvalue weighted by Crippen LogP contribution is 2.45. The summed E-state index contributed by atoms with van der Waals surface area (Å²) in [4.78, 5) is 64.3. The Morgan fingerprint density at radius 3 is 2.34 bits per heavy atom. The second-order valence-corrected chi connectivity index (χ2v) is 10.4. The molecule has 2 saturated heterocycles. The summed E-state index contributed by atoms with van der Waals surface area (Å²) in [6.07, 6.45) is -3.47. The molecule has 3 N–H and O–H groups in total. The van der Waals surface area contributed by atoms with E-state index in [0.717, 1.165) is 6.42 Å². The van der Waals surface area contributed by atoms with Gasteiger partial charge in [0.25, 0.3) is 0 Å². The number of hydrogen-bond acceptors (Lipinski definition) is 6. The Bertz CT molecular complexity index is 887. The summed E-state index contributed by atoms with van der Waals surface area (Å²) in [6.45, 7) is 4.34. The van der Waals surface area contributed by atoms with Crippen molar-refractivity contribution in [3.63, 3.8) is 0 Å². The van der Waals surface area contributed by atoms with Crippen molar-refractivity contribution in [1.82, 2.24) is 20.9 Å². The van der Waals surface area contributed by atoms with Crippen LogP contribution in [0.15, 0.2) is 0 Å². The summed E-state index contributed by atoms with van der Waals surface area (Å²) < 4.78 is 41.1. The molecule has 0 bridgehead atoms. The van der Waals surface area contributed by atoms with Crippen molar-refractivity contribution < 1.29 is 41.9 Å². The largest absolute Gasteiger partial charge is 0.522 e. The van der Waals surface area contributed by atoms with Crippen molar-refractivity contribution in [3.8, 4) is 0 Å². The van der Waals surface area contributed by atoms with Gasteiger partial charge < -0.3 is 20.9 Å². The summed E-state index contributed by atoms with van der Waals surface area (Å²) in [5.41, 5.74) is -0.680. The molecule has 0 aromatic carbocycles. The zero-order valence-corrected chi connectivity index (χ0v) is 19.9. The highest BCUT2D eigenvalue weighted by Gasteiger charge is 2.53. The molecule has 1 aliphatic carbocycles. The number of nitrogens with one attached hydrogen (secondary N) is 3. The van der Waals surface area contributed by atoms with Gasteiger partial charge in [-0.05, 0) is 58.3 Å². The average molecular weight is 505 g/mol. The molecule has 3 rings (SSSR count). The maximum absolute atomic E-state index is 13.3. The second kappa shape index (κ2) is 10.1. The molecule has 10 nitrogen and oxygen atoms in total. The number of ether oxygens (including phenoxy) is 1. The molecule has 4 amide bonds. The van der Waals surface area contributed by atoms with Crippen LogP contribution in [0.25, 0.3) is 0 Å². The fraction of sp³-hybridized carbons (Fsp3) is 0.773. The molecule has 2 aliphatic heterocycles. The van der Waals surface area contributed by atoms with Crippen LogP contribution in [0.3, 0.4) is 0 Å². The Labute approximate surface area is 200 Å². The maximum atomic E-state index is 13.3. The molecule has 13 heteroatoms. The van der Waals surface area contributed by atoms with E-state index in [1.165, 1.54) is 4.90 Å². The van der Waals surface area contributed by atoms with Crippen LogP contribution in [0.2, 0.25) is 0 Å². The molecule has 5 atom stereocenters. The number of alkyl halides is 3. The van der Waals surface area contributed by atoms with E-state index in [-0.39, 0.29) is 30.7 Å². The molecular weight excluding hydrogens is 473 g/mol. The van der Waals surface area contributed by atoms with Crippen LogP contribution < -0.4 is 16.0 Å². The molecule has 0 radical (unpaired) electrons. The minimum Gasteiger partial charge on any atom is -0.356 e. The number of ketones is 1. The van der Waals surface area contributed by atoms with Gasteiger partial charge in [-0.1, -0.05) is 0 Å². The van der Waals surface area contributed by atoms with E-state index in [1.54, 1.807) is 20.8 Å². The van der Waals surface area contributed by atoms with Gasteiger partial charge in [-0.2, -0.15) is 0 Å². The average Bonchev–Trinajstić information content (AvgIpc) is 3.23. The Balaban J connectivity index is 1.75. The van der Waals surface area contributed by atoms with Crippen molar-refractivity contribution in [2.45, 2.75) is 70.4 Å². The Morgan fingerprint density at radius 1 is 1.14 bits per heavy atom. The minimum absolute atomic E-state index is 0.0143. The first-order chi connectivity index (χ1) is 16.2. The van der Waals surface area contributed by atoms with Gasteiger partial charge in [0.1, 0.15) is 12.6 Å². The smallest absolute Gasteiger partial charge is 0.356 e. The van der Waals surface area contributed by atoms with Gasteiger partial charge in [0.2, 0.25) is 11.8 Å². The standard InChI is InChI=1S/C22H31F3N4O6/c1-21(2,3)28-19(33)20(34)29-9-12-4-5-13(12)16(29)18(32)27-14(8-11-6-7-26-17(11)31)15(30)10-35-22(23,24)25/h11-14,16H,4-10H2,1-3H3,(H,26,31)(H,27,32)(H,28,33)/t11-,12-,13-,14-,16-/m0/s1. The number of hydrogen-bond donors (Lipinski definition) is 3. The SMILES string of the molecule is CC(C)(C)NC(=O)C(=O)N1C[C@@H]2CC[C@@H]2[C@H]1C(=O)N[C@@H](C[C@@H]1CCNC1=O)C(=O)COC(F)(F)F. The Morgan fingerprint density at radius 2 is 1.83 bits per heavy atom. The lowest BCUT2D eigenvalue weighted by atomic mass is 9.73. The molecule has 0 aromatic heterocycles. The van der Waals surface area contributed by atoms with Gasteiger partial charge in [-0.3, -0.25) is 28.7 Å². The molecule has 0 spiro atoms. The van der Waals surface area contributed by atoms with Crippen LogP contribution in [0, 0.1) is 17.8 Å². The van der Waals surface area contributed by atoms with E-state index in [0.29, 0.717) is 19.4 Å². The summed E-state index contributed by atoms with van der Waals surface area (Å²) in [6, 6.07) is -2.46. The number of nitrogens with zero attached hydrogens (tertiary/aromatic N) is 1. The van der Waals surface area contributed by atoms with Gasteiger partial charge in [-0.25, -0.2) is 0 Å². The molecule has 35 heavy (non-hydrogen) atoms. The first kappa shape index (κ1) is 26.9. The van der Waals surface area contributed by atoms with Crippen molar-refractivity contribution >= 4 is 29.4 Å². The van der Waals surface area contributed by atoms with Crippen molar-refractivity contribution in [2.75, 3.05) is 19.7 Å². The lowest BCUT2D eigenvalue weighted by molar-refractivity contribution is -0.321. The summed E-state index contributed by atoms with van der Waals surface area (Å²) >= 11 is 0.